The van der Waals surface area contributed by atoms with Crippen LogP contribution in [0.3, 0.4) is 0 Å². The van der Waals surface area contributed by atoms with Gasteiger partial charge in [-0.15, -0.1) is 0 Å². The molecule has 0 bridgehead atoms. The maximum atomic E-state index is 12.1. The van der Waals surface area contributed by atoms with Crippen LogP contribution >= 0.6 is 0 Å². The number of aryl methyl sites for hydroxylation is 1. The average Bonchev–Trinajstić information content (AvgIpc) is 2.92. The third-order valence-electron chi connectivity index (χ3n) is 4.75. The fraction of sp³-hybridized carbons (Fsp3) is 0.706. The lowest BCUT2D eigenvalue weighted by Gasteiger charge is -2.31. The number of aromatic nitrogens is 2. The van der Waals surface area contributed by atoms with Crippen LogP contribution in [0.15, 0.2) is 15.8 Å². The normalized spacial score (nSPS) is 26.3. The lowest BCUT2D eigenvalue weighted by molar-refractivity contribution is -0.136. The number of rotatable bonds is 7. The van der Waals surface area contributed by atoms with Crippen molar-refractivity contribution in [2.75, 3.05) is 13.2 Å². The van der Waals surface area contributed by atoms with Gasteiger partial charge < -0.3 is 26.0 Å². The van der Waals surface area contributed by atoms with E-state index in [9.17, 15) is 24.6 Å². The Kier molecular flexibility index (Phi) is 6.58. The maximum absolute atomic E-state index is 12.1. The third kappa shape index (κ3) is 4.64. The molecule has 1 saturated heterocycles. The lowest BCUT2D eigenvalue weighted by atomic mass is 9.97. The molecule has 10 nitrogen and oxygen atoms in total. The summed E-state index contributed by atoms with van der Waals surface area (Å²) >= 11 is 0. The van der Waals surface area contributed by atoms with E-state index in [4.69, 9.17) is 10.5 Å². The number of aliphatic hydroxyl groups is 2. The van der Waals surface area contributed by atoms with Crippen LogP contribution in [0.25, 0.3) is 0 Å². The predicted molar refractivity (Wildman–Crippen MR) is 97.1 cm³/mol. The Morgan fingerprint density at radius 1 is 1.52 bits per heavy atom. The molecule has 1 aromatic heterocycles. The summed E-state index contributed by atoms with van der Waals surface area (Å²) in [5, 5.41) is 22.8. The Morgan fingerprint density at radius 3 is 2.78 bits per heavy atom. The van der Waals surface area contributed by atoms with Crippen molar-refractivity contribution in [1.82, 2.24) is 14.9 Å². The van der Waals surface area contributed by atoms with Gasteiger partial charge in [-0.1, -0.05) is 13.8 Å². The second-order valence-electron chi connectivity index (χ2n) is 7.48. The van der Waals surface area contributed by atoms with E-state index in [0.29, 0.717) is 12.0 Å². The molecular formula is C17H28N4O6. The van der Waals surface area contributed by atoms with E-state index >= 15 is 0 Å². The topological polar surface area (TPSA) is 160 Å². The molecule has 6 N–H and O–H groups in total. The summed E-state index contributed by atoms with van der Waals surface area (Å²) < 4.78 is 6.93. The molecule has 0 unspecified atom stereocenters. The Morgan fingerprint density at radius 2 is 2.19 bits per heavy atom. The predicted octanol–water partition coefficient (Wildman–Crippen LogP) is -1.65. The Hall–Kier alpha value is -2.01. The minimum Gasteiger partial charge on any atom is -0.393 e. The zero-order valence-electron chi connectivity index (χ0n) is 15.8. The van der Waals surface area contributed by atoms with Gasteiger partial charge in [0.15, 0.2) is 0 Å². The van der Waals surface area contributed by atoms with Gasteiger partial charge in [0.1, 0.15) is 11.8 Å². The van der Waals surface area contributed by atoms with Crippen molar-refractivity contribution in [3.05, 3.63) is 32.6 Å². The van der Waals surface area contributed by atoms with E-state index in [1.165, 1.54) is 13.1 Å². The van der Waals surface area contributed by atoms with Crippen LogP contribution in [0, 0.1) is 12.8 Å². The summed E-state index contributed by atoms with van der Waals surface area (Å²) in [4.78, 5) is 37.9. The molecule has 27 heavy (non-hydrogen) atoms. The molecule has 0 aliphatic carbocycles. The van der Waals surface area contributed by atoms with Crippen molar-refractivity contribution in [1.29, 1.82) is 0 Å². The van der Waals surface area contributed by atoms with Crippen LogP contribution in [0.4, 0.5) is 0 Å². The molecule has 2 rings (SSSR count). The zero-order chi connectivity index (χ0) is 20.4. The molecule has 10 heteroatoms. The number of aromatic amines is 1. The molecule has 4 atom stereocenters. The number of H-pyrrole nitrogens is 1. The largest absolute Gasteiger partial charge is 0.393 e. The van der Waals surface area contributed by atoms with Gasteiger partial charge in [-0.2, -0.15) is 0 Å². The highest BCUT2D eigenvalue weighted by Gasteiger charge is 2.49. The highest BCUT2D eigenvalue weighted by molar-refractivity contribution is 5.81. The first-order chi connectivity index (χ1) is 12.6. The molecule has 0 radical (unpaired) electrons. The second-order valence-corrected chi connectivity index (χ2v) is 7.48. The highest BCUT2D eigenvalue weighted by atomic mass is 16.6. The monoisotopic (exact) mass is 384 g/mol. The van der Waals surface area contributed by atoms with E-state index in [1.54, 1.807) is 0 Å². The number of nitrogens with zero attached hydrogens (tertiary/aromatic N) is 1. The number of carbonyl (C=O) groups is 1. The summed E-state index contributed by atoms with van der Waals surface area (Å²) in [6.45, 7) is 4.70. The quantitative estimate of drug-likeness (QED) is 0.376. The smallest absolute Gasteiger partial charge is 0.330 e. The Bertz CT molecular complexity index is 788. The molecule has 152 valence electrons. The molecule has 0 spiro atoms. The molecule has 0 aromatic carbocycles. The van der Waals surface area contributed by atoms with Gasteiger partial charge in [0.05, 0.1) is 25.3 Å². The highest BCUT2D eigenvalue weighted by Crippen LogP contribution is 2.35. The first-order valence-electron chi connectivity index (χ1n) is 8.91. The maximum Gasteiger partial charge on any atom is 0.330 e. The van der Waals surface area contributed by atoms with Crippen LogP contribution in [-0.2, 0) is 9.53 Å². The number of aliphatic hydroxyl groups excluding tert-OH is 2. The van der Waals surface area contributed by atoms with E-state index in [-0.39, 0.29) is 18.9 Å². The second kappa shape index (κ2) is 8.34. The van der Waals surface area contributed by atoms with Crippen LogP contribution in [-0.4, -0.2) is 56.6 Å². The summed E-state index contributed by atoms with van der Waals surface area (Å²) in [5.41, 5.74) is 3.48. The van der Waals surface area contributed by atoms with Crippen molar-refractivity contribution in [2.45, 2.75) is 57.6 Å². The lowest BCUT2D eigenvalue weighted by Crippen LogP contribution is -2.54. The molecule has 0 saturated carbocycles. The molecule has 1 aromatic rings. The number of nitrogens with two attached hydrogens (primary N) is 1. The molecule has 1 aliphatic rings. The fourth-order valence-electron chi connectivity index (χ4n) is 3.11. The summed E-state index contributed by atoms with van der Waals surface area (Å²) in [7, 11) is 0. The minimum atomic E-state index is -1.47. The van der Waals surface area contributed by atoms with Gasteiger partial charge in [-0.25, -0.2) is 4.79 Å². The van der Waals surface area contributed by atoms with E-state index in [2.05, 4.69) is 10.3 Å². The van der Waals surface area contributed by atoms with Gasteiger partial charge in [-0.05, 0) is 19.3 Å². The van der Waals surface area contributed by atoms with Crippen molar-refractivity contribution in [3.63, 3.8) is 0 Å². The molecule has 1 amide bonds. The van der Waals surface area contributed by atoms with Crippen molar-refractivity contribution < 1.29 is 19.7 Å². The van der Waals surface area contributed by atoms with Crippen molar-refractivity contribution in [2.24, 2.45) is 11.7 Å². The number of carbonyl (C=O) groups excluding carboxylic acids is 1. The molecule has 1 fully saturated rings. The van der Waals surface area contributed by atoms with E-state index in [0.717, 1.165) is 4.57 Å². The summed E-state index contributed by atoms with van der Waals surface area (Å²) in [6.07, 6.45) is -0.177. The molecular weight excluding hydrogens is 356 g/mol. The fourth-order valence-corrected chi connectivity index (χ4v) is 3.11. The van der Waals surface area contributed by atoms with E-state index < -0.39 is 47.7 Å². The van der Waals surface area contributed by atoms with Crippen LogP contribution in [0.5, 0.6) is 0 Å². The number of hydrogen-bond donors (Lipinski definition) is 5. The van der Waals surface area contributed by atoms with Crippen molar-refractivity contribution >= 4 is 5.91 Å². The summed E-state index contributed by atoms with van der Waals surface area (Å²) in [6, 6.07) is -0.709. The van der Waals surface area contributed by atoms with Gasteiger partial charge >= 0.3 is 5.69 Å². The Labute approximate surface area is 156 Å². The van der Waals surface area contributed by atoms with Gasteiger partial charge in [0, 0.05) is 18.2 Å². The minimum absolute atomic E-state index is 0.0138. The van der Waals surface area contributed by atoms with Gasteiger partial charge in [-0.3, -0.25) is 19.1 Å². The van der Waals surface area contributed by atoms with Gasteiger partial charge in [0.2, 0.25) is 5.91 Å². The number of nitrogens with one attached hydrogen (secondary N) is 2. The first kappa shape index (κ1) is 21.3. The standard InChI is InChI=1S/C17H28N4O6/c1-9(2)4-11(18)15(25)19-7-17(8-22)12(23)5-13(27-17)21-6-10(3)14(24)20-16(21)26/h6,9,11-13,22-23H,4-5,7-8,18H2,1-3H3,(H,19,25)(H,20,24,26)/t11-,12-,13+,17+/m0/s1. The SMILES string of the molecule is Cc1cn([C@H]2C[C@H](O)[C@](CO)(CNC(=O)[C@@H](N)CC(C)C)O2)c(=O)[nH]c1=O. The Balaban J connectivity index is 2.14. The van der Waals surface area contributed by atoms with Crippen LogP contribution in [0.1, 0.15) is 38.5 Å². The molecule has 2 heterocycles. The van der Waals surface area contributed by atoms with Crippen molar-refractivity contribution in [3.8, 4) is 0 Å². The van der Waals surface area contributed by atoms with Crippen LogP contribution in [0.2, 0.25) is 0 Å². The van der Waals surface area contributed by atoms with E-state index in [1.807, 2.05) is 13.8 Å². The van der Waals surface area contributed by atoms with Gasteiger partial charge in [0.25, 0.3) is 5.56 Å². The average molecular weight is 384 g/mol. The number of ether oxygens (including phenoxy) is 1. The zero-order valence-corrected chi connectivity index (χ0v) is 15.8. The summed E-state index contributed by atoms with van der Waals surface area (Å²) in [5.74, 6) is -0.168. The molecule has 1 aliphatic heterocycles. The number of amides is 1. The number of hydrogen-bond acceptors (Lipinski definition) is 7. The van der Waals surface area contributed by atoms with Crippen LogP contribution < -0.4 is 22.3 Å². The first-order valence-corrected chi connectivity index (χ1v) is 8.91. The third-order valence-corrected chi connectivity index (χ3v) is 4.75.